The minimum absolute atomic E-state index is 0.107. The Morgan fingerprint density at radius 1 is 1.42 bits per heavy atom. The second-order valence-electron chi connectivity index (χ2n) is 4.08. The minimum atomic E-state index is -1.03. The number of hydrogen-bond donors (Lipinski definition) is 1. The fourth-order valence-corrected chi connectivity index (χ4v) is 1.62. The molecule has 5 nitrogen and oxygen atoms in total. The highest BCUT2D eigenvalue weighted by atomic mass is 16.5. The van der Waals surface area contributed by atoms with Crippen molar-refractivity contribution in [3.05, 3.63) is 23.8 Å². The lowest BCUT2D eigenvalue weighted by atomic mass is 10.2. The van der Waals surface area contributed by atoms with Crippen molar-refractivity contribution >= 4 is 5.97 Å². The second-order valence-corrected chi connectivity index (χ2v) is 4.08. The normalized spacial score (nSPS) is 11.9. The average molecular weight is 268 g/mol. The van der Waals surface area contributed by atoms with Crippen molar-refractivity contribution in [2.24, 2.45) is 0 Å². The smallest absolute Gasteiger partial charge is 0.339 e. The quantitative estimate of drug-likeness (QED) is 0.785. The van der Waals surface area contributed by atoms with Gasteiger partial charge in [-0.05, 0) is 26.0 Å². The van der Waals surface area contributed by atoms with Gasteiger partial charge in [-0.15, -0.1) is 0 Å². The Hall–Kier alpha value is -1.75. The molecule has 1 atom stereocenters. The van der Waals surface area contributed by atoms with Gasteiger partial charge < -0.3 is 19.3 Å². The molecule has 0 aliphatic heterocycles. The van der Waals surface area contributed by atoms with Gasteiger partial charge in [0.25, 0.3) is 0 Å². The molecule has 106 valence electrons. The maximum Gasteiger partial charge on any atom is 0.339 e. The number of ether oxygens (including phenoxy) is 3. The average Bonchev–Trinajstić information content (AvgIpc) is 2.38. The molecule has 0 fully saturated rings. The van der Waals surface area contributed by atoms with E-state index in [0.717, 1.165) is 0 Å². The molecule has 1 unspecified atom stereocenters. The lowest BCUT2D eigenvalue weighted by molar-refractivity contribution is 0.0685. The van der Waals surface area contributed by atoms with Gasteiger partial charge in [-0.1, -0.05) is 6.07 Å². The zero-order valence-electron chi connectivity index (χ0n) is 11.5. The second kappa shape index (κ2) is 7.63. The molecule has 0 amide bonds. The highest BCUT2D eigenvalue weighted by molar-refractivity contribution is 5.92. The Labute approximate surface area is 113 Å². The molecule has 1 aromatic rings. The first-order valence-electron chi connectivity index (χ1n) is 6.24. The van der Waals surface area contributed by atoms with Gasteiger partial charge in [0.2, 0.25) is 0 Å². The third kappa shape index (κ3) is 4.44. The number of benzene rings is 1. The van der Waals surface area contributed by atoms with Crippen LogP contribution >= 0.6 is 0 Å². The highest BCUT2D eigenvalue weighted by Crippen LogP contribution is 2.32. The van der Waals surface area contributed by atoms with Crippen LogP contribution < -0.4 is 9.47 Å². The summed E-state index contributed by atoms with van der Waals surface area (Å²) in [6.45, 7) is 4.71. The Morgan fingerprint density at radius 2 is 2.16 bits per heavy atom. The van der Waals surface area contributed by atoms with Gasteiger partial charge in [0.05, 0.1) is 12.7 Å². The van der Waals surface area contributed by atoms with Gasteiger partial charge in [-0.3, -0.25) is 0 Å². The molecule has 0 bridgehead atoms. The lowest BCUT2D eigenvalue weighted by Crippen LogP contribution is -2.17. The number of carboxylic acids is 1. The summed E-state index contributed by atoms with van der Waals surface area (Å²) in [4.78, 5) is 11.2. The summed E-state index contributed by atoms with van der Waals surface area (Å²) in [5.41, 5.74) is 0.107. The van der Waals surface area contributed by atoms with E-state index in [1.807, 2.05) is 13.8 Å². The van der Waals surface area contributed by atoms with E-state index >= 15 is 0 Å². The van der Waals surface area contributed by atoms with Crippen molar-refractivity contribution in [1.29, 1.82) is 0 Å². The number of carbonyl (C=O) groups is 1. The van der Waals surface area contributed by atoms with Crippen molar-refractivity contribution in [3.63, 3.8) is 0 Å². The van der Waals surface area contributed by atoms with Gasteiger partial charge in [0.15, 0.2) is 11.5 Å². The third-order valence-electron chi connectivity index (χ3n) is 2.56. The number of methoxy groups -OCH3 is 1. The van der Waals surface area contributed by atoms with Crippen LogP contribution in [0.25, 0.3) is 0 Å². The van der Waals surface area contributed by atoms with Gasteiger partial charge in [-0.25, -0.2) is 4.79 Å². The number of carboxylic acid groups (broad SMARTS) is 1. The molecule has 0 saturated heterocycles. The minimum Gasteiger partial charge on any atom is -0.490 e. The summed E-state index contributed by atoms with van der Waals surface area (Å²) in [5.74, 6) is -0.303. The summed E-state index contributed by atoms with van der Waals surface area (Å²) < 4.78 is 16.1. The predicted molar refractivity (Wildman–Crippen MR) is 71.2 cm³/mol. The Morgan fingerprint density at radius 3 is 2.74 bits per heavy atom. The van der Waals surface area contributed by atoms with Crippen molar-refractivity contribution < 1.29 is 24.1 Å². The predicted octanol–water partition coefficient (Wildman–Crippen LogP) is 2.59. The van der Waals surface area contributed by atoms with E-state index < -0.39 is 5.97 Å². The fraction of sp³-hybridized carbons (Fsp3) is 0.500. The molecule has 0 aliphatic carbocycles. The van der Waals surface area contributed by atoms with Gasteiger partial charge >= 0.3 is 5.97 Å². The zero-order valence-corrected chi connectivity index (χ0v) is 11.5. The van der Waals surface area contributed by atoms with Crippen LogP contribution in [0.15, 0.2) is 18.2 Å². The lowest BCUT2D eigenvalue weighted by Gasteiger charge is -2.18. The van der Waals surface area contributed by atoms with E-state index in [1.54, 1.807) is 19.2 Å². The molecule has 1 N–H and O–H groups in total. The van der Waals surface area contributed by atoms with E-state index in [-0.39, 0.29) is 17.4 Å². The van der Waals surface area contributed by atoms with Crippen molar-refractivity contribution in [3.8, 4) is 11.5 Å². The van der Waals surface area contributed by atoms with E-state index in [4.69, 9.17) is 14.2 Å². The van der Waals surface area contributed by atoms with Gasteiger partial charge in [0, 0.05) is 20.1 Å². The number of aromatic carboxylic acids is 1. The van der Waals surface area contributed by atoms with Crippen LogP contribution in [0.3, 0.4) is 0 Å². The molecule has 0 spiro atoms. The van der Waals surface area contributed by atoms with Gasteiger partial charge in [0.1, 0.15) is 5.56 Å². The van der Waals surface area contributed by atoms with Crippen molar-refractivity contribution in [1.82, 2.24) is 0 Å². The van der Waals surface area contributed by atoms with Gasteiger partial charge in [-0.2, -0.15) is 0 Å². The molecular formula is C14H20O5. The summed E-state index contributed by atoms with van der Waals surface area (Å²) in [6, 6.07) is 4.85. The van der Waals surface area contributed by atoms with Crippen LogP contribution in [0.1, 0.15) is 30.6 Å². The first-order chi connectivity index (χ1) is 9.10. The highest BCUT2D eigenvalue weighted by Gasteiger charge is 2.18. The van der Waals surface area contributed by atoms with E-state index in [1.165, 1.54) is 6.07 Å². The standard InChI is InChI=1S/C14H20O5/c1-4-18-12-7-5-6-11(14(15)16)13(12)19-10(2)8-9-17-3/h5-7,10H,4,8-9H2,1-3H3,(H,15,16). The van der Waals surface area contributed by atoms with E-state index in [2.05, 4.69) is 0 Å². The fourth-order valence-electron chi connectivity index (χ4n) is 1.62. The summed E-state index contributed by atoms with van der Waals surface area (Å²) in [5, 5.41) is 9.19. The molecule has 19 heavy (non-hydrogen) atoms. The molecule has 5 heteroatoms. The first kappa shape index (κ1) is 15.3. The van der Waals surface area contributed by atoms with Crippen LogP contribution in [-0.2, 0) is 4.74 Å². The maximum atomic E-state index is 11.2. The zero-order chi connectivity index (χ0) is 14.3. The third-order valence-corrected chi connectivity index (χ3v) is 2.56. The number of rotatable bonds is 8. The number of para-hydroxylation sites is 1. The van der Waals surface area contributed by atoms with Crippen LogP contribution in [0.2, 0.25) is 0 Å². The van der Waals surface area contributed by atoms with Crippen LogP contribution in [0.4, 0.5) is 0 Å². The summed E-state index contributed by atoms with van der Waals surface area (Å²) in [6.07, 6.45) is 0.524. The monoisotopic (exact) mass is 268 g/mol. The van der Waals surface area contributed by atoms with Crippen LogP contribution in [0, 0.1) is 0 Å². The Bertz CT molecular complexity index is 416. The molecule has 1 rings (SSSR count). The molecule has 0 radical (unpaired) electrons. The largest absolute Gasteiger partial charge is 0.490 e. The SMILES string of the molecule is CCOc1cccc(C(=O)O)c1OC(C)CCOC. The molecule has 0 saturated carbocycles. The molecule has 0 aliphatic rings. The van der Waals surface area contributed by atoms with Crippen molar-refractivity contribution in [2.75, 3.05) is 20.3 Å². The summed E-state index contributed by atoms with van der Waals surface area (Å²) in [7, 11) is 1.61. The van der Waals surface area contributed by atoms with E-state index in [0.29, 0.717) is 25.4 Å². The topological polar surface area (TPSA) is 65.0 Å². The first-order valence-corrected chi connectivity index (χ1v) is 6.24. The van der Waals surface area contributed by atoms with Crippen molar-refractivity contribution in [2.45, 2.75) is 26.4 Å². The van der Waals surface area contributed by atoms with Crippen LogP contribution in [-0.4, -0.2) is 37.5 Å². The molecule has 0 heterocycles. The summed E-state index contributed by atoms with van der Waals surface area (Å²) >= 11 is 0. The van der Waals surface area contributed by atoms with Crippen LogP contribution in [0.5, 0.6) is 11.5 Å². The Kier molecular flexibility index (Phi) is 6.15. The molecule has 0 aromatic heterocycles. The Balaban J connectivity index is 2.96. The molecular weight excluding hydrogens is 248 g/mol. The number of hydrogen-bond acceptors (Lipinski definition) is 4. The molecule has 1 aromatic carbocycles. The van der Waals surface area contributed by atoms with E-state index in [9.17, 15) is 9.90 Å². The maximum absolute atomic E-state index is 11.2.